The van der Waals surface area contributed by atoms with Crippen LogP contribution in [0, 0.1) is 12.7 Å². The molecule has 0 radical (unpaired) electrons. The Morgan fingerprint density at radius 1 is 1.26 bits per heavy atom. The third kappa shape index (κ3) is 3.33. The molecule has 100 valence electrons. The summed E-state index contributed by atoms with van der Waals surface area (Å²) in [6, 6.07) is 11.9. The summed E-state index contributed by atoms with van der Waals surface area (Å²) in [5, 5.41) is 12.8. The lowest BCUT2D eigenvalue weighted by Gasteiger charge is -2.20. The lowest BCUT2D eigenvalue weighted by molar-refractivity contribution is 0.276. The standard InChI is InChI=1S/C15H15BrFNO/c1-10-4-2-3-5-14(10)18-15(9-19)12-8-11(17)6-7-13(12)16/h2-8,15,18-19H,9H2,1H3. The van der Waals surface area contributed by atoms with Crippen LogP contribution in [0.4, 0.5) is 10.1 Å². The SMILES string of the molecule is Cc1ccccc1NC(CO)c1cc(F)ccc1Br. The molecule has 0 spiro atoms. The minimum Gasteiger partial charge on any atom is -0.394 e. The van der Waals surface area contributed by atoms with Crippen LogP contribution in [-0.2, 0) is 0 Å². The van der Waals surface area contributed by atoms with Gasteiger partial charge in [0.25, 0.3) is 0 Å². The molecule has 2 rings (SSSR count). The summed E-state index contributed by atoms with van der Waals surface area (Å²) in [4.78, 5) is 0. The molecule has 0 aliphatic heterocycles. The van der Waals surface area contributed by atoms with Gasteiger partial charge in [-0.25, -0.2) is 4.39 Å². The normalized spacial score (nSPS) is 12.2. The van der Waals surface area contributed by atoms with Crippen molar-refractivity contribution in [3.63, 3.8) is 0 Å². The Bertz CT molecular complexity index is 574. The van der Waals surface area contributed by atoms with Crippen molar-refractivity contribution in [3.05, 3.63) is 63.9 Å². The van der Waals surface area contributed by atoms with E-state index in [9.17, 15) is 9.50 Å². The van der Waals surface area contributed by atoms with Crippen molar-refractivity contribution in [2.75, 3.05) is 11.9 Å². The molecular weight excluding hydrogens is 309 g/mol. The lowest BCUT2D eigenvalue weighted by atomic mass is 10.1. The third-order valence-electron chi connectivity index (χ3n) is 2.99. The van der Waals surface area contributed by atoms with E-state index in [0.717, 1.165) is 15.7 Å². The van der Waals surface area contributed by atoms with E-state index >= 15 is 0 Å². The van der Waals surface area contributed by atoms with Gasteiger partial charge in [0, 0.05) is 10.2 Å². The molecule has 2 aromatic rings. The zero-order chi connectivity index (χ0) is 13.8. The van der Waals surface area contributed by atoms with Gasteiger partial charge in [0.2, 0.25) is 0 Å². The summed E-state index contributed by atoms with van der Waals surface area (Å²) in [6.45, 7) is 1.87. The quantitative estimate of drug-likeness (QED) is 0.889. The highest BCUT2D eigenvalue weighted by Gasteiger charge is 2.15. The van der Waals surface area contributed by atoms with Gasteiger partial charge in [-0.3, -0.25) is 0 Å². The van der Waals surface area contributed by atoms with Crippen molar-refractivity contribution in [3.8, 4) is 0 Å². The summed E-state index contributed by atoms with van der Waals surface area (Å²) in [5.74, 6) is -0.316. The average molecular weight is 324 g/mol. The van der Waals surface area contributed by atoms with Gasteiger partial charge in [0.05, 0.1) is 12.6 Å². The van der Waals surface area contributed by atoms with Crippen molar-refractivity contribution < 1.29 is 9.50 Å². The van der Waals surface area contributed by atoms with E-state index in [1.54, 1.807) is 6.07 Å². The number of para-hydroxylation sites is 1. The van der Waals surface area contributed by atoms with Gasteiger partial charge in [0.15, 0.2) is 0 Å². The monoisotopic (exact) mass is 323 g/mol. The summed E-state index contributed by atoms with van der Waals surface area (Å²) in [6.07, 6.45) is 0. The number of hydrogen-bond donors (Lipinski definition) is 2. The van der Waals surface area contributed by atoms with E-state index in [1.807, 2.05) is 31.2 Å². The van der Waals surface area contributed by atoms with E-state index in [-0.39, 0.29) is 18.5 Å². The number of benzene rings is 2. The number of halogens is 2. The van der Waals surface area contributed by atoms with Gasteiger partial charge in [-0.2, -0.15) is 0 Å². The van der Waals surface area contributed by atoms with Gasteiger partial charge >= 0.3 is 0 Å². The average Bonchev–Trinajstić information content (AvgIpc) is 2.41. The zero-order valence-electron chi connectivity index (χ0n) is 10.5. The molecule has 0 fully saturated rings. The largest absolute Gasteiger partial charge is 0.394 e. The molecule has 0 heterocycles. The number of nitrogens with one attached hydrogen (secondary N) is 1. The first-order valence-electron chi connectivity index (χ1n) is 6.00. The molecule has 2 aromatic carbocycles. The third-order valence-corrected chi connectivity index (χ3v) is 3.71. The first-order chi connectivity index (χ1) is 9.11. The summed E-state index contributed by atoms with van der Waals surface area (Å²) < 4.78 is 14.1. The molecule has 4 heteroatoms. The summed E-state index contributed by atoms with van der Waals surface area (Å²) >= 11 is 3.39. The predicted octanol–water partition coefficient (Wildman–Crippen LogP) is 4.04. The first kappa shape index (κ1) is 14.0. The first-order valence-corrected chi connectivity index (χ1v) is 6.79. The molecule has 0 bridgehead atoms. The van der Waals surface area contributed by atoms with Gasteiger partial charge < -0.3 is 10.4 Å². The van der Waals surface area contributed by atoms with Crippen LogP contribution in [0.15, 0.2) is 46.9 Å². The van der Waals surface area contributed by atoms with Crippen molar-refractivity contribution in [2.24, 2.45) is 0 Å². The maximum Gasteiger partial charge on any atom is 0.123 e. The fourth-order valence-corrected chi connectivity index (χ4v) is 2.45. The van der Waals surface area contributed by atoms with Crippen LogP contribution in [0.3, 0.4) is 0 Å². The fourth-order valence-electron chi connectivity index (χ4n) is 1.93. The van der Waals surface area contributed by atoms with Gasteiger partial charge in [-0.05, 0) is 42.3 Å². The highest BCUT2D eigenvalue weighted by atomic mass is 79.9. The number of rotatable bonds is 4. The minimum atomic E-state index is -0.355. The van der Waals surface area contributed by atoms with Gasteiger partial charge in [0.1, 0.15) is 5.82 Å². The Morgan fingerprint density at radius 3 is 2.68 bits per heavy atom. The van der Waals surface area contributed by atoms with E-state index < -0.39 is 0 Å². The van der Waals surface area contributed by atoms with E-state index in [0.29, 0.717) is 5.56 Å². The maximum absolute atomic E-state index is 13.3. The van der Waals surface area contributed by atoms with Crippen LogP contribution >= 0.6 is 15.9 Å². The molecule has 0 saturated carbocycles. The number of hydrogen-bond acceptors (Lipinski definition) is 2. The van der Waals surface area contributed by atoms with Crippen LogP contribution in [0.2, 0.25) is 0 Å². The molecule has 0 aliphatic carbocycles. The van der Waals surface area contributed by atoms with Gasteiger partial charge in [-0.15, -0.1) is 0 Å². The van der Waals surface area contributed by atoms with Crippen LogP contribution < -0.4 is 5.32 Å². The van der Waals surface area contributed by atoms with Crippen LogP contribution in [0.25, 0.3) is 0 Å². The lowest BCUT2D eigenvalue weighted by Crippen LogP contribution is -2.16. The van der Waals surface area contributed by atoms with Crippen molar-refractivity contribution in [1.82, 2.24) is 0 Å². The topological polar surface area (TPSA) is 32.3 Å². The number of anilines is 1. The molecule has 0 aliphatic rings. The number of aliphatic hydroxyl groups excluding tert-OH is 1. The minimum absolute atomic E-state index is 0.115. The van der Waals surface area contributed by atoms with E-state index in [2.05, 4.69) is 21.2 Å². The number of aryl methyl sites for hydroxylation is 1. The second-order valence-electron chi connectivity index (χ2n) is 4.36. The van der Waals surface area contributed by atoms with E-state index in [4.69, 9.17) is 0 Å². The molecule has 0 saturated heterocycles. The second kappa shape index (κ2) is 6.17. The Morgan fingerprint density at radius 2 is 2.00 bits per heavy atom. The fraction of sp³-hybridized carbons (Fsp3) is 0.200. The molecule has 19 heavy (non-hydrogen) atoms. The number of aliphatic hydroxyl groups is 1. The summed E-state index contributed by atoms with van der Waals surface area (Å²) in [7, 11) is 0. The molecular formula is C15H15BrFNO. The Labute approximate surface area is 120 Å². The van der Waals surface area contributed by atoms with Crippen LogP contribution in [-0.4, -0.2) is 11.7 Å². The van der Waals surface area contributed by atoms with Crippen molar-refractivity contribution in [1.29, 1.82) is 0 Å². The second-order valence-corrected chi connectivity index (χ2v) is 5.21. The zero-order valence-corrected chi connectivity index (χ0v) is 12.1. The molecule has 1 unspecified atom stereocenters. The molecule has 0 amide bonds. The highest BCUT2D eigenvalue weighted by Crippen LogP contribution is 2.28. The Hall–Kier alpha value is -1.39. The van der Waals surface area contributed by atoms with Crippen molar-refractivity contribution in [2.45, 2.75) is 13.0 Å². The Balaban J connectivity index is 2.30. The van der Waals surface area contributed by atoms with Gasteiger partial charge in [-0.1, -0.05) is 34.1 Å². The van der Waals surface area contributed by atoms with Crippen LogP contribution in [0.1, 0.15) is 17.2 Å². The van der Waals surface area contributed by atoms with Crippen molar-refractivity contribution >= 4 is 21.6 Å². The maximum atomic E-state index is 13.3. The molecule has 2 nitrogen and oxygen atoms in total. The van der Waals surface area contributed by atoms with Crippen LogP contribution in [0.5, 0.6) is 0 Å². The molecule has 0 aromatic heterocycles. The molecule has 2 N–H and O–H groups in total. The van der Waals surface area contributed by atoms with E-state index in [1.165, 1.54) is 12.1 Å². The molecule has 1 atom stereocenters. The predicted molar refractivity (Wildman–Crippen MR) is 78.7 cm³/mol. The summed E-state index contributed by atoms with van der Waals surface area (Å²) in [5.41, 5.74) is 2.71. The highest BCUT2D eigenvalue weighted by molar-refractivity contribution is 9.10. The Kier molecular flexibility index (Phi) is 4.56. The smallest absolute Gasteiger partial charge is 0.123 e.